The number of hydrogen-bond donors (Lipinski definition) is 2. The molecule has 2 aromatic rings. The van der Waals surface area contributed by atoms with Gasteiger partial charge >= 0.3 is 11.9 Å². The Morgan fingerprint density at radius 1 is 1.25 bits per heavy atom. The van der Waals surface area contributed by atoms with Gasteiger partial charge in [0.2, 0.25) is 0 Å². The lowest BCUT2D eigenvalue weighted by Gasteiger charge is -1.97. The second kappa shape index (κ2) is 3.65. The lowest BCUT2D eigenvalue weighted by Crippen LogP contribution is -2.10. The summed E-state index contributed by atoms with van der Waals surface area (Å²) in [5.74, 6) is -2.23. The van der Waals surface area contributed by atoms with Crippen LogP contribution in [0.2, 0.25) is 0 Å². The van der Waals surface area contributed by atoms with E-state index < -0.39 is 11.9 Å². The number of aromatic nitrogens is 2. The smallest absolute Gasteiger partial charge is 0.357 e. The average molecular weight is 220 g/mol. The van der Waals surface area contributed by atoms with Crippen molar-refractivity contribution in [2.45, 2.75) is 6.54 Å². The number of carbonyl (C=O) groups is 2. The van der Waals surface area contributed by atoms with E-state index in [1.54, 1.807) is 24.3 Å². The van der Waals surface area contributed by atoms with Crippen molar-refractivity contribution in [2.75, 3.05) is 0 Å². The highest BCUT2D eigenvalue weighted by Crippen LogP contribution is 2.18. The number of carboxylic acid groups (broad SMARTS) is 2. The maximum atomic E-state index is 10.9. The lowest BCUT2D eigenvalue weighted by molar-refractivity contribution is -0.137. The molecule has 0 spiro atoms. The van der Waals surface area contributed by atoms with Crippen LogP contribution in [0.15, 0.2) is 24.3 Å². The van der Waals surface area contributed by atoms with E-state index in [0.717, 1.165) is 0 Å². The second-order valence-electron chi connectivity index (χ2n) is 3.22. The van der Waals surface area contributed by atoms with Crippen LogP contribution in [0.5, 0.6) is 0 Å². The first-order valence-corrected chi connectivity index (χ1v) is 4.50. The number of nitrogens with zero attached hydrogens (tertiary/aromatic N) is 2. The molecule has 2 N–H and O–H groups in total. The molecule has 0 atom stereocenters. The van der Waals surface area contributed by atoms with E-state index in [-0.39, 0.29) is 12.2 Å². The minimum Gasteiger partial charge on any atom is -0.480 e. The largest absolute Gasteiger partial charge is 0.480 e. The Bertz CT molecular complexity index is 573. The summed E-state index contributed by atoms with van der Waals surface area (Å²) < 4.78 is 1.17. The normalized spacial score (nSPS) is 10.5. The van der Waals surface area contributed by atoms with Gasteiger partial charge in [-0.05, 0) is 6.07 Å². The van der Waals surface area contributed by atoms with E-state index in [1.165, 1.54) is 4.68 Å². The summed E-state index contributed by atoms with van der Waals surface area (Å²) in [5, 5.41) is 21.8. The molecular weight excluding hydrogens is 212 g/mol. The van der Waals surface area contributed by atoms with Gasteiger partial charge in [-0.2, -0.15) is 5.10 Å². The number of aliphatic carboxylic acids is 1. The molecule has 1 aromatic heterocycles. The minimum absolute atomic E-state index is 0.128. The topological polar surface area (TPSA) is 92.4 Å². The number of hydrogen-bond acceptors (Lipinski definition) is 3. The predicted octanol–water partition coefficient (Wildman–Crippen LogP) is 0.819. The Morgan fingerprint density at radius 3 is 2.56 bits per heavy atom. The van der Waals surface area contributed by atoms with Crippen molar-refractivity contribution in [1.82, 2.24) is 9.78 Å². The molecule has 6 nitrogen and oxygen atoms in total. The van der Waals surface area contributed by atoms with E-state index in [9.17, 15) is 9.59 Å². The SMILES string of the molecule is O=C(O)Cn1nc(C(=O)O)c2ccccc21. The maximum absolute atomic E-state index is 10.9. The van der Waals surface area contributed by atoms with Gasteiger partial charge in [-0.1, -0.05) is 18.2 Å². The molecule has 6 heteroatoms. The Kier molecular flexibility index (Phi) is 2.32. The summed E-state index contributed by atoms with van der Waals surface area (Å²) in [6.45, 7) is -0.353. The number of para-hydroxylation sites is 1. The van der Waals surface area contributed by atoms with Crippen LogP contribution >= 0.6 is 0 Å². The molecule has 0 aliphatic heterocycles. The monoisotopic (exact) mass is 220 g/mol. The van der Waals surface area contributed by atoms with Crippen molar-refractivity contribution < 1.29 is 19.8 Å². The van der Waals surface area contributed by atoms with Crippen LogP contribution in [-0.4, -0.2) is 31.9 Å². The Morgan fingerprint density at radius 2 is 1.94 bits per heavy atom. The molecule has 0 aliphatic rings. The maximum Gasteiger partial charge on any atom is 0.357 e. The van der Waals surface area contributed by atoms with E-state index in [4.69, 9.17) is 10.2 Å². The zero-order valence-electron chi connectivity index (χ0n) is 8.12. The van der Waals surface area contributed by atoms with Crippen LogP contribution in [0.3, 0.4) is 0 Å². The number of benzene rings is 1. The van der Waals surface area contributed by atoms with Crippen LogP contribution in [0.1, 0.15) is 10.5 Å². The first kappa shape index (κ1) is 10.2. The molecule has 1 aromatic carbocycles. The molecule has 0 bridgehead atoms. The molecule has 0 fully saturated rings. The Labute approximate surface area is 89.7 Å². The standard InChI is InChI=1S/C10H8N2O4/c13-8(14)5-12-7-4-2-1-3-6(7)9(11-12)10(15)16/h1-4H,5H2,(H,13,14)(H,15,16). The fourth-order valence-electron chi connectivity index (χ4n) is 1.53. The van der Waals surface area contributed by atoms with Crippen molar-refractivity contribution in [1.29, 1.82) is 0 Å². The van der Waals surface area contributed by atoms with Crippen molar-refractivity contribution >= 4 is 22.8 Å². The van der Waals surface area contributed by atoms with Crippen molar-refractivity contribution in [2.24, 2.45) is 0 Å². The third-order valence-electron chi connectivity index (χ3n) is 2.15. The van der Waals surface area contributed by atoms with E-state index in [2.05, 4.69) is 5.10 Å². The molecule has 0 aliphatic carbocycles. The molecular formula is C10H8N2O4. The van der Waals surface area contributed by atoms with Crippen LogP contribution < -0.4 is 0 Å². The number of carboxylic acids is 2. The summed E-state index contributed by atoms with van der Waals surface area (Å²) in [4.78, 5) is 21.5. The zero-order valence-corrected chi connectivity index (χ0v) is 8.12. The number of aromatic carboxylic acids is 1. The molecule has 16 heavy (non-hydrogen) atoms. The first-order valence-electron chi connectivity index (χ1n) is 4.50. The third-order valence-corrected chi connectivity index (χ3v) is 2.15. The highest BCUT2D eigenvalue weighted by molar-refractivity contribution is 6.01. The summed E-state index contributed by atoms with van der Waals surface area (Å²) in [7, 11) is 0. The Hall–Kier alpha value is -2.37. The molecule has 0 saturated heterocycles. The van der Waals surface area contributed by atoms with Crippen LogP contribution in [-0.2, 0) is 11.3 Å². The lowest BCUT2D eigenvalue weighted by atomic mass is 10.2. The first-order chi connectivity index (χ1) is 7.59. The zero-order chi connectivity index (χ0) is 11.7. The van der Waals surface area contributed by atoms with Crippen molar-refractivity contribution in [3.8, 4) is 0 Å². The predicted molar refractivity (Wildman–Crippen MR) is 54.3 cm³/mol. The number of fused-ring (bicyclic) bond motifs is 1. The molecule has 82 valence electrons. The molecule has 0 amide bonds. The van der Waals surface area contributed by atoms with Crippen LogP contribution in [0.4, 0.5) is 0 Å². The van der Waals surface area contributed by atoms with Crippen LogP contribution in [0, 0.1) is 0 Å². The van der Waals surface area contributed by atoms with E-state index in [0.29, 0.717) is 10.9 Å². The molecule has 0 saturated carbocycles. The summed E-state index contributed by atoms with van der Waals surface area (Å²) in [6.07, 6.45) is 0. The molecule has 2 rings (SSSR count). The van der Waals surface area contributed by atoms with E-state index >= 15 is 0 Å². The minimum atomic E-state index is -1.17. The van der Waals surface area contributed by atoms with Crippen molar-refractivity contribution in [3.63, 3.8) is 0 Å². The Balaban J connectivity index is 2.66. The summed E-state index contributed by atoms with van der Waals surface area (Å²) in [5.41, 5.74) is 0.374. The fraction of sp³-hybridized carbons (Fsp3) is 0.100. The van der Waals surface area contributed by atoms with Gasteiger partial charge in [0.1, 0.15) is 6.54 Å². The molecule has 1 heterocycles. The third kappa shape index (κ3) is 1.60. The quantitative estimate of drug-likeness (QED) is 0.798. The van der Waals surface area contributed by atoms with Gasteiger partial charge in [-0.3, -0.25) is 9.48 Å². The van der Waals surface area contributed by atoms with E-state index in [1.807, 2.05) is 0 Å². The second-order valence-corrected chi connectivity index (χ2v) is 3.22. The van der Waals surface area contributed by atoms with Gasteiger partial charge in [0.15, 0.2) is 5.69 Å². The number of rotatable bonds is 3. The van der Waals surface area contributed by atoms with Gasteiger partial charge in [0.05, 0.1) is 5.52 Å². The van der Waals surface area contributed by atoms with Gasteiger partial charge in [0, 0.05) is 5.39 Å². The molecule has 0 unspecified atom stereocenters. The average Bonchev–Trinajstić information content (AvgIpc) is 2.57. The summed E-state index contributed by atoms with van der Waals surface area (Å²) >= 11 is 0. The summed E-state index contributed by atoms with van der Waals surface area (Å²) in [6, 6.07) is 6.62. The fourth-order valence-corrected chi connectivity index (χ4v) is 1.53. The van der Waals surface area contributed by atoms with Gasteiger partial charge in [-0.25, -0.2) is 4.79 Å². The van der Waals surface area contributed by atoms with Crippen molar-refractivity contribution in [3.05, 3.63) is 30.0 Å². The highest BCUT2D eigenvalue weighted by atomic mass is 16.4. The van der Waals surface area contributed by atoms with Gasteiger partial charge in [0.25, 0.3) is 0 Å². The highest BCUT2D eigenvalue weighted by Gasteiger charge is 2.16. The van der Waals surface area contributed by atoms with Gasteiger partial charge in [-0.15, -0.1) is 0 Å². The molecule has 0 radical (unpaired) electrons. The van der Waals surface area contributed by atoms with Crippen LogP contribution in [0.25, 0.3) is 10.9 Å². The van der Waals surface area contributed by atoms with Gasteiger partial charge < -0.3 is 10.2 Å².